The molecule has 1 aliphatic heterocycles. The molecule has 0 saturated carbocycles. The second kappa shape index (κ2) is 7.15. The topological polar surface area (TPSA) is 79.6 Å². The number of rotatable bonds is 4. The van der Waals surface area contributed by atoms with Gasteiger partial charge in [-0.15, -0.1) is 0 Å². The zero-order valence-corrected chi connectivity index (χ0v) is 15.3. The summed E-state index contributed by atoms with van der Waals surface area (Å²) >= 11 is 0. The van der Waals surface area contributed by atoms with Crippen LogP contribution in [0, 0.1) is 0 Å². The molecule has 2 aromatic carbocycles. The van der Waals surface area contributed by atoms with Crippen molar-refractivity contribution in [2.24, 2.45) is 0 Å². The second-order valence-electron chi connectivity index (χ2n) is 6.65. The Morgan fingerprint density at radius 1 is 0.964 bits per heavy atom. The number of ketones is 1. The van der Waals surface area contributed by atoms with E-state index in [2.05, 4.69) is 5.32 Å². The van der Waals surface area contributed by atoms with Crippen LogP contribution in [0.2, 0.25) is 0 Å². The van der Waals surface area contributed by atoms with Gasteiger partial charge in [0.1, 0.15) is 6.26 Å². The summed E-state index contributed by atoms with van der Waals surface area (Å²) in [6.45, 7) is 2.07. The quantitative estimate of drug-likeness (QED) is 0.702. The summed E-state index contributed by atoms with van der Waals surface area (Å²) < 4.78 is 4.99. The number of Topliss-reactive ketones (excluding diaryl/α,β-unsaturated/α-hetero) is 1. The van der Waals surface area contributed by atoms with E-state index in [0.717, 1.165) is 17.7 Å². The number of anilines is 2. The van der Waals surface area contributed by atoms with E-state index in [4.69, 9.17) is 4.42 Å². The number of nitrogens with one attached hydrogen (secondary N) is 1. The number of nitrogens with zero attached hydrogens (tertiary/aromatic N) is 1. The number of furan rings is 1. The van der Waals surface area contributed by atoms with E-state index in [1.807, 2.05) is 12.1 Å². The maximum Gasteiger partial charge on any atom is 0.261 e. The number of carbonyl (C=O) groups is 3. The highest BCUT2D eigenvalue weighted by atomic mass is 16.3. The highest BCUT2D eigenvalue weighted by molar-refractivity contribution is 6.08. The van der Waals surface area contributed by atoms with E-state index >= 15 is 0 Å². The van der Waals surface area contributed by atoms with Gasteiger partial charge in [-0.3, -0.25) is 14.4 Å². The van der Waals surface area contributed by atoms with Crippen LogP contribution < -0.4 is 10.2 Å². The first-order valence-corrected chi connectivity index (χ1v) is 8.92. The summed E-state index contributed by atoms with van der Waals surface area (Å²) in [4.78, 5) is 38.1. The fourth-order valence-electron chi connectivity index (χ4n) is 3.29. The SMILES string of the molecule is CC(=O)c1ccc(C(=O)Nc2ccc3c(c2)CCN3C(=O)c2ccoc2)cc1. The molecule has 0 bridgehead atoms. The van der Waals surface area contributed by atoms with Gasteiger partial charge in [0.05, 0.1) is 11.8 Å². The summed E-state index contributed by atoms with van der Waals surface area (Å²) in [5.74, 6) is -0.394. The number of benzene rings is 2. The fraction of sp³-hybridized carbons (Fsp3) is 0.136. The molecule has 0 fully saturated rings. The Bertz CT molecular complexity index is 1050. The summed E-state index contributed by atoms with van der Waals surface area (Å²) in [6.07, 6.45) is 3.63. The second-order valence-corrected chi connectivity index (χ2v) is 6.65. The summed E-state index contributed by atoms with van der Waals surface area (Å²) in [5, 5.41) is 2.87. The predicted molar refractivity (Wildman–Crippen MR) is 105 cm³/mol. The van der Waals surface area contributed by atoms with Crippen LogP contribution in [0.4, 0.5) is 11.4 Å². The zero-order valence-electron chi connectivity index (χ0n) is 15.3. The zero-order chi connectivity index (χ0) is 19.7. The van der Waals surface area contributed by atoms with Gasteiger partial charge in [0.2, 0.25) is 0 Å². The van der Waals surface area contributed by atoms with Crippen LogP contribution >= 0.6 is 0 Å². The molecule has 0 spiro atoms. The molecule has 140 valence electrons. The van der Waals surface area contributed by atoms with Gasteiger partial charge >= 0.3 is 0 Å². The number of fused-ring (bicyclic) bond motifs is 1. The molecule has 1 aliphatic rings. The molecule has 0 radical (unpaired) electrons. The van der Waals surface area contributed by atoms with Crippen molar-refractivity contribution in [3.8, 4) is 0 Å². The molecule has 6 nitrogen and oxygen atoms in total. The Hall–Kier alpha value is -3.67. The van der Waals surface area contributed by atoms with Crippen molar-refractivity contribution in [1.82, 2.24) is 0 Å². The first-order chi connectivity index (χ1) is 13.5. The Morgan fingerprint density at radius 3 is 2.39 bits per heavy atom. The lowest BCUT2D eigenvalue weighted by atomic mass is 10.1. The largest absolute Gasteiger partial charge is 0.472 e. The number of carbonyl (C=O) groups excluding carboxylic acids is 3. The average Bonchev–Trinajstić information content (AvgIpc) is 3.37. The van der Waals surface area contributed by atoms with E-state index < -0.39 is 0 Å². The van der Waals surface area contributed by atoms with Crippen LogP contribution in [0.5, 0.6) is 0 Å². The minimum Gasteiger partial charge on any atom is -0.472 e. The van der Waals surface area contributed by atoms with Gasteiger partial charge in [-0.25, -0.2) is 0 Å². The van der Waals surface area contributed by atoms with Gasteiger partial charge in [-0.1, -0.05) is 12.1 Å². The van der Waals surface area contributed by atoms with Crippen molar-refractivity contribution >= 4 is 29.0 Å². The van der Waals surface area contributed by atoms with Gasteiger partial charge < -0.3 is 14.6 Å². The summed E-state index contributed by atoms with van der Waals surface area (Å²) in [5.41, 5.74) is 4.06. The molecule has 1 aromatic heterocycles. The molecule has 2 heterocycles. The molecule has 6 heteroatoms. The minimum atomic E-state index is -0.251. The van der Waals surface area contributed by atoms with Crippen molar-refractivity contribution in [2.45, 2.75) is 13.3 Å². The van der Waals surface area contributed by atoms with Gasteiger partial charge in [0.25, 0.3) is 11.8 Å². The van der Waals surface area contributed by atoms with E-state index in [0.29, 0.717) is 28.9 Å². The lowest BCUT2D eigenvalue weighted by Gasteiger charge is -2.16. The van der Waals surface area contributed by atoms with Gasteiger partial charge in [0.15, 0.2) is 5.78 Å². The van der Waals surface area contributed by atoms with Gasteiger partial charge in [-0.05, 0) is 55.3 Å². The van der Waals surface area contributed by atoms with Crippen molar-refractivity contribution in [1.29, 1.82) is 0 Å². The molecule has 1 N–H and O–H groups in total. The Morgan fingerprint density at radius 2 is 1.71 bits per heavy atom. The first-order valence-electron chi connectivity index (χ1n) is 8.92. The van der Waals surface area contributed by atoms with Gasteiger partial charge in [0, 0.05) is 29.0 Å². The molecule has 0 aliphatic carbocycles. The lowest BCUT2D eigenvalue weighted by molar-refractivity contribution is 0.0985. The Labute approximate surface area is 161 Å². The number of hydrogen-bond donors (Lipinski definition) is 1. The van der Waals surface area contributed by atoms with Crippen LogP contribution in [-0.4, -0.2) is 24.1 Å². The molecule has 4 rings (SSSR count). The molecular weight excluding hydrogens is 356 g/mol. The molecule has 2 amide bonds. The highest BCUT2D eigenvalue weighted by Gasteiger charge is 2.26. The molecule has 0 atom stereocenters. The third kappa shape index (κ3) is 3.32. The standard InChI is InChI=1S/C22H18N2O4/c1-14(25)15-2-4-16(5-3-15)21(26)23-19-6-7-20-17(12-19)8-10-24(20)22(27)18-9-11-28-13-18/h2-7,9,11-13H,8,10H2,1H3,(H,23,26). The maximum absolute atomic E-state index is 12.6. The first kappa shape index (κ1) is 17.7. The van der Waals surface area contributed by atoms with Crippen molar-refractivity contribution < 1.29 is 18.8 Å². The molecular formula is C22H18N2O4. The highest BCUT2D eigenvalue weighted by Crippen LogP contribution is 2.31. The molecule has 0 saturated heterocycles. The normalized spacial score (nSPS) is 12.5. The molecule has 0 unspecified atom stereocenters. The van der Waals surface area contributed by atoms with Crippen molar-refractivity contribution in [3.63, 3.8) is 0 Å². The van der Waals surface area contributed by atoms with Crippen LogP contribution in [0.1, 0.15) is 43.6 Å². The maximum atomic E-state index is 12.6. The number of hydrogen-bond acceptors (Lipinski definition) is 4. The van der Waals surface area contributed by atoms with E-state index in [1.54, 1.807) is 41.3 Å². The monoisotopic (exact) mass is 374 g/mol. The smallest absolute Gasteiger partial charge is 0.261 e. The third-order valence-electron chi connectivity index (χ3n) is 4.80. The van der Waals surface area contributed by atoms with Crippen molar-refractivity contribution in [3.05, 3.63) is 83.3 Å². The van der Waals surface area contributed by atoms with Crippen LogP contribution in [0.3, 0.4) is 0 Å². The van der Waals surface area contributed by atoms with Crippen LogP contribution in [0.25, 0.3) is 0 Å². The predicted octanol–water partition coefficient (Wildman–Crippen LogP) is 3.94. The van der Waals surface area contributed by atoms with E-state index in [1.165, 1.54) is 19.5 Å². The third-order valence-corrected chi connectivity index (χ3v) is 4.80. The summed E-state index contributed by atoms with van der Waals surface area (Å²) in [6, 6.07) is 13.7. The number of amides is 2. The fourth-order valence-corrected chi connectivity index (χ4v) is 3.29. The van der Waals surface area contributed by atoms with Crippen molar-refractivity contribution in [2.75, 3.05) is 16.8 Å². The Kier molecular flexibility index (Phi) is 4.53. The minimum absolute atomic E-state index is 0.0416. The summed E-state index contributed by atoms with van der Waals surface area (Å²) in [7, 11) is 0. The van der Waals surface area contributed by atoms with Gasteiger partial charge in [-0.2, -0.15) is 0 Å². The van der Waals surface area contributed by atoms with Crippen LogP contribution in [-0.2, 0) is 6.42 Å². The molecule has 3 aromatic rings. The van der Waals surface area contributed by atoms with E-state index in [9.17, 15) is 14.4 Å². The Balaban J connectivity index is 1.49. The lowest BCUT2D eigenvalue weighted by Crippen LogP contribution is -2.28. The van der Waals surface area contributed by atoms with Crippen LogP contribution in [0.15, 0.2) is 65.5 Å². The average molecular weight is 374 g/mol. The molecule has 28 heavy (non-hydrogen) atoms. The van der Waals surface area contributed by atoms with E-state index in [-0.39, 0.29) is 17.6 Å².